The SMILES string of the molecule is C[NH+](C)C.FC1(F)[CH-]C(F)(F)C(F)(F)C1(F)F. The van der Waals surface area contributed by atoms with E-state index in [9.17, 15) is 35.1 Å². The van der Waals surface area contributed by atoms with Gasteiger partial charge in [0.15, 0.2) is 0 Å². The molecule has 0 spiro atoms. The number of hydrogen-bond donors (Lipinski definition) is 1. The van der Waals surface area contributed by atoms with Crippen LogP contribution in [0.1, 0.15) is 0 Å². The van der Waals surface area contributed by atoms with Crippen LogP contribution in [0.5, 0.6) is 0 Å². The van der Waals surface area contributed by atoms with E-state index in [-0.39, 0.29) is 0 Å². The van der Waals surface area contributed by atoms with E-state index >= 15 is 0 Å². The average Bonchev–Trinajstić information content (AvgIpc) is 2.05. The molecule has 0 aromatic heterocycles. The highest BCUT2D eigenvalue weighted by Gasteiger charge is 2.81. The molecule has 9 heteroatoms. The predicted octanol–water partition coefficient (Wildman–Crippen LogP) is 1.51. The molecule has 0 aromatic rings. The van der Waals surface area contributed by atoms with Crippen molar-refractivity contribution in [2.75, 3.05) is 21.1 Å². The quantitative estimate of drug-likeness (QED) is 0.504. The lowest BCUT2D eigenvalue weighted by Crippen LogP contribution is -3.02. The van der Waals surface area contributed by atoms with Crippen molar-refractivity contribution in [3.63, 3.8) is 0 Å². The lowest BCUT2D eigenvalue weighted by Gasteiger charge is -2.28. The Balaban J connectivity index is 0.000000557. The summed E-state index contributed by atoms with van der Waals surface area (Å²) in [5.41, 5.74) is 0. The van der Waals surface area contributed by atoms with Crippen molar-refractivity contribution >= 4 is 0 Å². The number of nitrogens with one attached hydrogen (secondary N) is 1. The summed E-state index contributed by atoms with van der Waals surface area (Å²) < 4.78 is 95.7. The second kappa shape index (κ2) is 4.25. The van der Waals surface area contributed by atoms with Gasteiger partial charge in [0.05, 0.1) is 21.1 Å². The molecular formula is C8H11F8N. The Morgan fingerprint density at radius 3 is 0.882 bits per heavy atom. The molecule has 0 aromatic carbocycles. The van der Waals surface area contributed by atoms with Crippen LogP contribution >= 0.6 is 0 Å². The average molecular weight is 273 g/mol. The summed E-state index contributed by atoms with van der Waals surface area (Å²) in [6.45, 7) is 0. The summed E-state index contributed by atoms with van der Waals surface area (Å²) in [6, 6.07) is 0. The maximum absolute atomic E-state index is 12.0. The summed E-state index contributed by atoms with van der Waals surface area (Å²) in [5, 5.41) is 0. The fourth-order valence-electron chi connectivity index (χ4n) is 0.828. The van der Waals surface area contributed by atoms with Crippen molar-refractivity contribution in [3.05, 3.63) is 6.42 Å². The largest absolute Gasteiger partial charge is 0.347 e. The molecule has 0 amide bonds. The topological polar surface area (TPSA) is 4.44 Å². The first kappa shape index (κ1) is 16.4. The minimum Gasteiger partial charge on any atom is -0.342 e. The first-order chi connectivity index (χ1) is 7.19. The van der Waals surface area contributed by atoms with Gasteiger partial charge in [-0.25, -0.2) is 17.6 Å². The molecule has 0 atom stereocenters. The molecule has 1 fully saturated rings. The molecule has 0 aliphatic heterocycles. The van der Waals surface area contributed by atoms with Crippen LogP contribution in [-0.4, -0.2) is 44.8 Å². The Kier molecular flexibility index (Phi) is 4.10. The van der Waals surface area contributed by atoms with E-state index in [4.69, 9.17) is 0 Å². The van der Waals surface area contributed by atoms with Crippen molar-refractivity contribution in [1.29, 1.82) is 0 Å². The van der Waals surface area contributed by atoms with Gasteiger partial charge in [-0.15, -0.1) is 0 Å². The van der Waals surface area contributed by atoms with Crippen LogP contribution in [0, 0.1) is 6.42 Å². The Bertz CT molecular complexity index is 246. The predicted molar refractivity (Wildman–Crippen MR) is 42.8 cm³/mol. The van der Waals surface area contributed by atoms with Crippen LogP contribution in [-0.2, 0) is 0 Å². The molecule has 1 saturated carbocycles. The standard InChI is InChI=1S/C5HF8.C3H9N/c6-2(7)1-3(8,9)5(12,13)4(2,10)11;1-4(2)3/h1H;1-3H3/q-1;/p+1. The highest BCUT2D eigenvalue weighted by atomic mass is 19.4. The van der Waals surface area contributed by atoms with E-state index in [1.807, 2.05) is 0 Å². The molecule has 0 radical (unpaired) electrons. The third-order valence-corrected chi connectivity index (χ3v) is 1.59. The second-order valence-electron chi connectivity index (χ2n) is 4.04. The normalized spacial score (nSPS) is 27.5. The first-order valence-corrected chi connectivity index (χ1v) is 4.34. The number of hydrogen-bond acceptors (Lipinski definition) is 0. The highest BCUT2D eigenvalue weighted by Crippen LogP contribution is 2.62. The van der Waals surface area contributed by atoms with Crippen molar-refractivity contribution in [3.8, 4) is 0 Å². The fraction of sp³-hybridized carbons (Fsp3) is 0.875. The van der Waals surface area contributed by atoms with E-state index in [1.165, 1.54) is 4.90 Å². The van der Waals surface area contributed by atoms with Crippen LogP contribution < -0.4 is 4.90 Å². The Morgan fingerprint density at radius 1 is 0.647 bits per heavy atom. The van der Waals surface area contributed by atoms with Crippen molar-refractivity contribution < 1.29 is 40.0 Å². The van der Waals surface area contributed by atoms with E-state index in [2.05, 4.69) is 21.1 Å². The van der Waals surface area contributed by atoms with Gasteiger partial charge in [0.1, 0.15) is 0 Å². The first-order valence-electron chi connectivity index (χ1n) is 4.34. The Labute approximate surface area is 92.4 Å². The molecule has 1 aliphatic rings. The van der Waals surface area contributed by atoms with E-state index in [0.29, 0.717) is 0 Å². The third-order valence-electron chi connectivity index (χ3n) is 1.59. The Hall–Kier alpha value is -0.600. The van der Waals surface area contributed by atoms with Crippen molar-refractivity contribution in [2.24, 2.45) is 0 Å². The molecule has 1 rings (SSSR count). The van der Waals surface area contributed by atoms with Gasteiger partial charge in [-0.1, -0.05) is 0 Å². The molecule has 0 heterocycles. The number of alkyl halides is 8. The Morgan fingerprint density at radius 2 is 0.824 bits per heavy atom. The van der Waals surface area contributed by atoms with Gasteiger partial charge in [-0.3, -0.25) is 0 Å². The molecule has 104 valence electrons. The van der Waals surface area contributed by atoms with Crippen LogP contribution in [0.2, 0.25) is 0 Å². The maximum atomic E-state index is 12.0. The fourth-order valence-corrected chi connectivity index (χ4v) is 0.828. The third kappa shape index (κ3) is 2.63. The van der Waals surface area contributed by atoms with Gasteiger partial charge in [-0.2, -0.15) is 24.0 Å². The monoisotopic (exact) mass is 273 g/mol. The molecular weight excluding hydrogens is 262 g/mol. The zero-order valence-corrected chi connectivity index (χ0v) is 9.10. The van der Waals surface area contributed by atoms with Gasteiger partial charge >= 0.3 is 11.8 Å². The second-order valence-corrected chi connectivity index (χ2v) is 4.04. The minimum absolute atomic E-state index is 1.42. The minimum atomic E-state index is -6.05. The summed E-state index contributed by atoms with van der Waals surface area (Å²) in [4.78, 5) is 1.42. The zero-order chi connectivity index (χ0) is 14.3. The molecule has 0 bridgehead atoms. The number of rotatable bonds is 0. The van der Waals surface area contributed by atoms with Gasteiger partial charge in [0.25, 0.3) is 0 Å². The van der Waals surface area contributed by atoms with Crippen molar-refractivity contribution in [1.82, 2.24) is 0 Å². The lowest BCUT2D eigenvalue weighted by atomic mass is 10.2. The summed E-state index contributed by atoms with van der Waals surface area (Å²) in [7, 11) is 6.25. The number of halogens is 8. The van der Waals surface area contributed by atoms with Gasteiger partial charge in [0, 0.05) is 0 Å². The molecule has 0 saturated heterocycles. The lowest BCUT2D eigenvalue weighted by molar-refractivity contribution is -0.836. The van der Waals surface area contributed by atoms with E-state index < -0.39 is 30.1 Å². The van der Waals surface area contributed by atoms with Crippen LogP contribution in [0.4, 0.5) is 35.1 Å². The van der Waals surface area contributed by atoms with Gasteiger partial charge in [-0.05, 0) is 0 Å². The molecule has 0 unspecified atom stereocenters. The van der Waals surface area contributed by atoms with E-state index in [1.54, 1.807) is 0 Å². The molecule has 1 N–H and O–H groups in total. The van der Waals surface area contributed by atoms with Gasteiger partial charge < -0.3 is 4.90 Å². The zero-order valence-electron chi connectivity index (χ0n) is 9.10. The van der Waals surface area contributed by atoms with Crippen LogP contribution in [0.25, 0.3) is 0 Å². The maximum Gasteiger partial charge on any atom is 0.347 e. The van der Waals surface area contributed by atoms with Crippen LogP contribution in [0.15, 0.2) is 0 Å². The molecule has 1 nitrogen and oxygen atoms in total. The van der Waals surface area contributed by atoms with Gasteiger partial charge in [0.2, 0.25) is 11.8 Å². The smallest absolute Gasteiger partial charge is 0.342 e. The molecule has 17 heavy (non-hydrogen) atoms. The summed E-state index contributed by atoms with van der Waals surface area (Å²) >= 11 is 0. The summed E-state index contributed by atoms with van der Waals surface area (Å²) in [6.07, 6.45) is -1.62. The van der Waals surface area contributed by atoms with Crippen molar-refractivity contribution in [2.45, 2.75) is 23.7 Å². The highest BCUT2D eigenvalue weighted by molar-refractivity contribution is 5.23. The number of quaternary nitrogens is 1. The summed E-state index contributed by atoms with van der Waals surface area (Å²) in [5.74, 6) is -23.1. The van der Waals surface area contributed by atoms with E-state index in [0.717, 1.165) is 0 Å². The van der Waals surface area contributed by atoms with Crippen LogP contribution in [0.3, 0.4) is 0 Å². The molecule has 1 aliphatic carbocycles.